The van der Waals surface area contributed by atoms with E-state index in [-0.39, 0.29) is 5.56 Å². The van der Waals surface area contributed by atoms with Crippen LogP contribution in [-0.4, -0.2) is 33.2 Å². The first kappa shape index (κ1) is 15.6. The molecule has 3 aromatic rings. The number of methoxy groups -OCH3 is 1. The van der Waals surface area contributed by atoms with Crippen molar-refractivity contribution < 1.29 is 4.74 Å². The Morgan fingerprint density at radius 1 is 1.31 bits per heavy atom. The van der Waals surface area contributed by atoms with Crippen molar-refractivity contribution in [3.63, 3.8) is 0 Å². The number of ether oxygens (including phenoxy) is 1. The Kier molecular flexibility index (Phi) is 3.60. The fraction of sp³-hybridized carbons (Fsp3) is 0.400. The predicted molar refractivity (Wildman–Crippen MR) is 98.6 cm³/mol. The van der Waals surface area contributed by atoms with Gasteiger partial charge in [-0.05, 0) is 18.9 Å². The normalized spacial score (nSPS) is 17.4. The Bertz CT molecular complexity index is 1030. The van der Waals surface area contributed by atoms with Gasteiger partial charge in [-0.15, -0.1) is 0 Å². The molecule has 0 spiro atoms. The van der Waals surface area contributed by atoms with Gasteiger partial charge in [0.05, 0.1) is 18.4 Å². The molecular formula is C20H22N4O2. The number of fused-ring (bicyclic) bond motifs is 2. The van der Waals surface area contributed by atoms with E-state index in [0.29, 0.717) is 12.5 Å². The molecule has 1 saturated carbocycles. The highest BCUT2D eigenvalue weighted by Gasteiger charge is 2.28. The average molecular weight is 350 g/mol. The summed E-state index contributed by atoms with van der Waals surface area (Å²) in [5.74, 6) is 1.47. The smallest absolute Gasteiger partial charge is 0.277 e. The first-order valence-electron chi connectivity index (χ1n) is 9.20. The first-order valence-corrected chi connectivity index (χ1v) is 9.20. The lowest BCUT2D eigenvalue weighted by Gasteiger charge is -2.28. The van der Waals surface area contributed by atoms with Gasteiger partial charge in [0.15, 0.2) is 5.65 Å². The molecule has 2 aromatic heterocycles. The van der Waals surface area contributed by atoms with E-state index in [0.717, 1.165) is 53.4 Å². The molecule has 1 aliphatic heterocycles. The maximum Gasteiger partial charge on any atom is 0.277 e. The number of nitrogens with one attached hydrogen (secondary N) is 1. The lowest BCUT2D eigenvalue weighted by Crippen LogP contribution is -2.36. The van der Waals surface area contributed by atoms with Crippen LogP contribution < -0.4 is 10.3 Å². The maximum absolute atomic E-state index is 13.0. The quantitative estimate of drug-likeness (QED) is 0.785. The van der Waals surface area contributed by atoms with E-state index in [9.17, 15) is 4.79 Å². The summed E-state index contributed by atoms with van der Waals surface area (Å²) < 4.78 is 7.08. The van der Waals surface area contributed by atoms with Crippen LogP contribution in [-0.2, 0) is 19.5 Å². The number of aromatic amines is 1. The van der Waals surface area contributed by atoms with E-state index in [1.807, 2.05) is 24.3 Å². The van der Waals surface area contributed by atoms with Gasteiger partial charge in [-0.1, -0.05) is 18.2 Å². The van der Waals surface area contributed by atoms with E-state index >= 15 is 0 Å². The molecule has 1 N–H and O–H groups in total. The third-order valence-electron chi connectivity index (χ3n) is 5.46. The van der Waals surface area contributed by atoms with E-state index < -0.39 is 0 Å². The Labute approximate surface area is 151 Å². The molecule has 1 aliphatic carbocycles. The summed E-state index contributed by atoms with van der Waals surface area (Å²) in [6.45, 7) is 2.29. The lowest BCUT2D eigenvalue weighted by molar-refractivity contribution is 0.238. The predicted octanol–water partition coefficient (Wildman–Crippen LogP) is 2.47. The highest BCUT2D eigenvalue weighted by atomic mass is 16.5. The molecule has 0 radical (unpaired) electrons. The van der Waals surface area contributed by atoms with Crippen LogP contribution in [0.5, 0.6) is 5.75 Å². The van der Waals surface area contributed by atoms with Crippen LogP contribution in [0.1, 0.15) is 41.3 Å². The van der Waals surface area contributed by atoms with Gasteiger partial charge in [-0.2, -0.15) is 0 Å². The molecule has 5 rings (SSSR count). The minimum absolute atomic E-state index is 0.0432. The fourth-order valence-corrected chi connectivity index (χ4v) is 3.87. The zero-order chi connectivity index (χ0) is 17.7. The fourth-order valence-electron chi connectivity index (χ4n) is 3.87. The van der Waals surface area contributed by atoms with Crippen LogP contribution >= 0.6 is 0 Å². The van der Waals surface area contributed by atoms with Crippen molar-refractivity contribution in [1.29, 1.82) is 0 Å². The second-order valence-electron chi connectivity index (χ2n) is 7.29. The van der Waals surface area contributed by atoms with Gasteiger partial charge in [0.2, 0.25) is 0 Å². The second kappa shape index (κ2) is 5.99. The molecule has 0 bridgehead atoms. The number of benzene rings is 1. The minimum atomic E-state index is 0.0432. The Hall–Kier alpha value is -2.60. The number of hydrogen-bond acceptors (Lipinski definition) is 4. The van der Waals surface area contributed by atoms with Gasteiger partial charge in [-0.3, -0.25) is 14.8 Å². The Morgan fingerprint density at radius 2 is 2.15 bits per heavy atom. The third kappa shape index (κ3) is 2.61. The van der Waals surface area contributed by atoms with Crippen molar-refractivity contribution >= 4 is 5.65 Å². The molecule has 0 saturated heterocycles. The highest BCUT2D eigenvalue weighted by molar-refractivity contribution is 5.44. The molecule has 6 nitrogen and oxygen atoms in total. The third-order valence-corrected chi connectivity index (χ3v) is 5.46. The van der Waals surface area contributed by atoms with Crippen molar-refractivity contribution in [2.45, 2.75) is 38.3 Å². The molecule has 6 heteroatoms. The SMILES string of the molecule is COc1ccccc1CN1CCc2nc3cc(C4CC4)[nH]n3c(=O)c2C1. The van der Waals surface area contributed by atoms with Crippen LogP contribution in [0, 0.1) is 0 Å². The van der Waals surface area contributed by atoms with Crippen LogP contribution in [0.15, 0.2) is 35.1 Å². The van der Waals surface area contributed by atoms with Crippen molar-refractivity contribution in [3.05, 3.63) is 63.2 Å². The van der Waals surface area contributed by atoms with Gasteiger partial charge < -0.3 is 4.74 Å². The number of para-hydroxylation sites is 1. The maximum atomic E-state index is 13.0. The van der Waals surface area contributed by atoms with E-state index in [4.69, 9.17) is 9.72 Å². The van der Waals surface area contributed by atoms with E-state index in [2.05, 4.69) is 16.1 Å². The zero-order valence-electron chi connectivity index (χ0n) is 14.9. The van der Waals surface area contributed by atoms with Crippen LogP contribution in [0.2, 0.25) is 0 Å². The zero-order valence-corrected chi connectivity index (χ0v) is 14.9. The molecule has 1 aromatic carbocycles. The Balaban J connectivity index is 1.46. The van der Waals surface area contributed by atoms with Gasteiger partial charge in [-0.25, -0.2) is 9.50 Å². The minimum Gasteiger partial charge on any atom is -0.496 e. The van der Waals surface area contributed by atoms with E-state index in [1.54, 1.807) is 11.6 Å². The summed E-state index contributed by atoms with van der Waals surface area (Å²) in [5, 5.41) is 3.26. The van der Waals surface area contributed by atoms with Crippen LogP contribution in [0.4, 0.5) is 0 Å². The van der Waals surface area contributed by atoms with Gasteiger partial charge in [0, 0.05) is 49.3 Å². The van der Waals surface area contributed by atoms with Crippen molar-refractivity contribution in [2.24, 2.45) is 0 Å². The largest absolute Gasteiger partial charge is 0.496 e. The molecule has 1 fully saturated rings. The first-order chi connectivity index (χ1) is 12.7. The monoisotopic (exact) mass is 350 g/mol. The second-order valence-corrected chi connectivity index (χ2v) is 7.29. The highest BCUT2D eigenvalue weighted by Crippen LogP contribution is 2.39. The van der Waals surface area contributed by atoms with Gasteiger partial charge in [0.25, 0.3) is 5.56 Å². The molecule has 0 atom stereocenters. The number of aromatic nitrogens is 3. The summed E-state index contributed by atoms with van der Waals surface area (Å²) in [6.07, 6.45) is 3.21. The number of hydrogen-bond donors (Lipinski definition) is 1. The van der Waals surface area contributed by atoms with Crippen molar-refractivity contribution in [2.75, 3.05) is 13.7 Å². The number of nitrogens with zero attached hydrogens (tertiary/aromatic N) is 3. The van der Waals surface area contributed by atoms with Crippen LogP contribution in [0.3, 0.4) is 0 Å². The summed E-state index contributed by atoms with van der Waals surface area (Å²) >= 11 is 0. The number of H-pyrrole nitrogens is 1. The number of rotatable bonds is 4. The van der Waals surface area contributed by atoms with Crippen LogP contribution in [0.25, 0.3) is 5.65 Å². The summed E-state index contributed by atoms with van der Waals surface area (Å²) in [7, 11) is 1.69. The molecule has 2 aliphatic rings. The molecule has 3 heterocycles. The molecule has 0 amide bonds. The summed E-state index contributed by atoms with van der Waals surface area (Å²) in [6, 6.07) is 10.1. The molecule has 26 heavy (non-hydrogen) atoms. The standard InChI is InChI=1S/C20H22N4O2/c1-26-18-5-3-2-4-14(18)11-23-9-8-16-15(12-23)20(25)24-19(21-16)10-17(22-24)13-6-7-13/h2-5,10,13,22H,6-9,11-12H2,1H3. The summed E-state index contributed by atoms with van der Waals surface area (Å²) in [4.78, 5) is 20.0. The Morgan fingerprint density at radius 3 is 2.96 bits per heavy atom. The summed E-state index contributed by atoms with van der Waals surface area (Å²) in [5.41, 5.74) is 4.85. The molecule has 0 unspecified atom stereocenters. The lowest BCUT2D eigenvalue weighted by atomic mass is 10.1. The van der Waals surface area contributed by atoms with Crippen molar-refractivity contribution in [1.82, 2.24) is 19.5 Å². The molecule has 134 valence electrons. The van der Waals surface area contributed by atoms with Crippen molar-refractivity contribution in [3.8, 4) is 5.75 Å². The average Bonchev–Trinajstić information content (AvgIpc) is 3.43. The topological polar surface area (TPSA) is 62.6 Å². The molecular weight excluding hydrogens is 328 g/mol. The van der Waals surface area contributed by atoms with Gasteiger partial charge >= 0.3 is 0 Å². The van der Waals surface area contributed by atoms with Gasteiger partial charge in [0.1, 0.15) is 5.75 Å². The van der Waals surface area contributed by atoms with E-state index in [1.165, 1.54) is 12.8 Å².